The van der Waals surface area contributed by atoms with E-state index < -0.39 is 5.91 Å². The lowest BCUT2D eigenvalue weighted by Crippen LogP contribution is -2.23. The number of esters is 1. The normalized spacial score (nSPS) is 11.1. The lowest BCUT2D eigenvalue weighted by Gasteiger charge is -2.16. The van der Waals surface area contributed by atoms with Crippen molar-refractivity contribution in [3.63, 3.8) is 0 Å². The lowest BCUT2D eigenvalue weighted by atomic mass is 9.92. The highest BCUT2D eigenvalue weighted by Crippen LogP contribution is 2.27. The predicted octanol–water partition coefficient (Wildman–Crippen LogP) is 3.87. The van der Waals surface area contributed by atoms with Crippen LogP contribution in [0.3, 0.4) is 0 Å². The van der Waals surface area contributed by atoms with Gasteiger partial charge in [0.05, 0.1) is 17.1 Å². The van der Waals surface area contributed by atoms with E-state index in [1.54, 1.807) is 6.07 Å². The summed E-state index contributed by atoms with van der Waals surface area (Å²) >= 11 is 6.11. The van der Waals surface area contributed by atoms with Gasteiger partial charge in [0, 0.05) is 0 Å². The van der Waals surface area contributed by atoms with Crippen molar-refractivity contribution in [3.8, 4) is 0 Å². The van der Waals surface area contributed by atoms with E-state index in [1.807, 2.05) is 40.7 Å². The third-order valence-electron chi connectivity index (χ3n) is 2.74. The molecule has 0 aromatic heterocycles. The molecule has 0 aliphatic rings. The molecule has 0 unspecified atom stereocenters. The Balaban J connectivity index is 2.57. The van der Waals surface area contributed by atoms with E-state index in [2.05, 4.69) is 5.32 Å². The lowest BCUT2D eigenvalue weighted by molar-refractivity contribution is -0.149. The van der Waals surface area contributed by atoms with Gasteiger partial charge in [0.25, 0.3) is 5.91 Å². The van der Waals surface area contributed by atoms with Crippen molar-refractivity contribution in [2.24, 2.45) is 5.41 Å². The highest BCUT2D eigenvalue weighted by atomic mass is 35.5. The summed E-state index contributed by atoms with van der Waals surface area (Å²) in [6.07, 6.45) is 0.268. The highest BCUT2D eigenvalue weighted by molar-refractivity contribution is 6.34. The summed E-state index contributed by atoms with van der Waals surface area (Å²) in [7, 11) is 0. The summed E-state index contributed by atoms with van der Waals surface area (Å²) in [5, 5.41) is 3.15. The Morgan fingerprint density at radius 3 is 2.38 bits per heavy atom. The minimum absolute atomic E-state index is 0.162. The van der Waals surface area contributed by atoms with Crippen molar-refractivity contribution < 1.29 is 14.3 Å². The quantitative estimate of drug-likeness (QED) is 0.859. The summed E-state index contributed by atoms with van der Waals surface area (Å²) in [6, 6.07) is 3.70. The van der Waals surface area contributed by atoms with Gasteiger partial charge in [0.15, 0.2) is 6.61 Å². The molecule has 0 fully saturated rings. The fraction of sp³-hybridized carbons (Fsp3) is 0.500. The van der Waals surface area contributed by atoms with Gasteiger partial charge in [-0.2, -0.15) is 0 Å². The smallest absolute Gasteiger partial charge is 0.306 e. The molecule has 4 nitrogen and oxygen atoms in total. The Labute approximate surface area is 130 Å². The number of nitrogens with one attached hydrogen (secondary N) is 1. The maximum atomic E-state index is 11.8. The standard InChI is InChI=1S/C16H22ClNO3/c1-10-6-11(2)15(12(17)7-10)18-13(19)9-21-14(20)8-16(3,4)5/h6-7H,8-9H2,1-5H3,(H,18,19). The van der Waals surface area contributed by atoms with Gasteiger partial charge in [-0.15, -0.1) is 0 Å². The molecule has 0 atom stereocenters. The van der Waals surface area contributed by atoms with Gasteiger partial charge in [-0.25, -0.2) is 0 Å². The minimum atomic E-state index is -0.397. The number of hydrogen-bond donors (Lipinski definition) is 1. The summed E-state index contributed by atoms with van der Waals surface area (Å²) in [6.45, 7) is 9.29. The Kier molecular flexibility index (Phi) is 5.78. The van der Waals surface area contributed by atoms with Crippen LogP contribution in [-0.2, 0) is 14.3 Å². The minimum Gasteiger partial charge on any atom is -0.456 e. The Bertz CT molecular complexity index is 524. The number of ether oxygens (including phenoxy) is 1. The molecule has 0 heterocycles. The zero-order chi connectivity index (χ0) is 16.2. The molecular weight excluding hydrogens is 290 g/mol. The summed E-state index contributed by atoms with van der Waals surface area (Å²) in [5.41, 5.74) is 2.28. The first-order valence-corrected chi connectivity index (χ1v) is 7.18. The molecule has 0 saturated heterocycles. The van der Waals surface area contributed by atoms with Crippen LogP contribution >= 0.6 is 11.6 Å². The van der Waals surface area contributed by atoms with E-state index in [-0.39, 0.29) is 24.4 Å². The van der Waals surface area contributed by atoms with Crippen LogP contribution in [0.15, 0.2) is 12.1 Å². The van der Waals surface area contributed by atoms with Crippen molar-refractivity contribution >= 4 is 29.2 Å². The number of rotatable bonds is 4. The second-order valence-electron chi connectivity index (χ2n) is 6.38. The van der Waals surface area contributed by atoms with Crippen molar-refractivity contribution in [2.45, 2.75) is 41.0 Å². The molecule has 1 N–H and O–H groups in total. The third-order valence-corrected chi connectivity index (χ3v) is 3.03. The van der Waals surface area contributed by atoms with Crippen LogP contribution in [0.5, 0.6) is 0 Å². The van der Waals surface area contributed by atoms with Gasteiger partial charge >= 0.3 is 5.97 Å². The third kappa shape index (κ3) is 6.17. The molecule has 1 rings (SSSR count). The SMILES string of the molecule is Cc1cc(C)c(NC(=O)COC(=O)CC(C)(C)C)c(Cl)c1. The number of anilines is 1. The highest BCUT2D eigenvalue weighted by Gasteiger charge is 2.18. The molecule has 0 bridgehead atoms. The summed E-state index contributed by atoms with van der Waals surface area (Å²) < 4.78 is 4.96. The zero-order valence-electron chi connectivity index (χ0n) is 13.2. The molecule has 0 saturated carbocycles. The van der Waals surface area contributed by atoms with Crippen LogP contribution in [0.25, 0.3) is 0 Å². The second kappa shape index (κ2) is 6.94. The van der Waals surface area contributed by atoms with Crippen molar-refractivity contribution in [3.05, 3.63) is 28.3 Å². The van der Waals surface area contributed by atoms with Gasteiger partial charge in [0.1, 0.15) is 0 Å². The van der Waals surface area contributed by atoms with E-state index in [0.29, 0.717) is 10.7 Å². The first-order chi connectivity index (χ1) is 9.58. The van der Waals surface area contributed by atoms with E-state index in [4.69, 9.17) is 16.3 Å². The van der Waals surface area contributed by atoms with Crippen LogP contribution in [-0.4, -0.2) is 18.5 Å². The number of halogens is 1. The topological polar surface area (TPSA) is 55.4 Å². The van der Waals surface area contributed by atoms with Crippen LogP contribution in [0.1, 0.15) is 38.3 Å². The van der Waals surface area contributed by atoms with Crippen molar-refractivity contribution in [1.82, 2.24) is 0 Å². The maximum Gasteiger partial charge on any atom is 0.306 e. The van der Waals surface area contributed by atoms with Crippen LogP contribution in [0.4, 0.5) is 5.69 Å². The number of amides is 1. The van der Waals surface area contributed by atoms with E-state index in [0.717, 1.165) is 11.1 Å². The van der Waals surface area contributed by atoms with Crippen molar-refractivity contribution in [1.29, 1.82) is 0 Å². The van der Waals surface area contributed by atoms with Crippen LogP contribution < -0.4 is 5.32 Å². The van der Waals surface area contributed by atoms with E-state index in [9.17, 15) is 9.59 Å². The number of benzene rings is 1. The molecule has 1 aromatic carbocycles. The fourth-order valence-corrected chi connectivity index (χ4v) is 2.25. The molecule has 1 amide bonds. The molecular formula is C16H22ClNO3. The molecule has 1 aromatic rings. The van der Waals surface area contributed by atoms with E-state index in [1.165, 1.54) is 0 Å². The average Bonchev–Trinajstić information content (AvgIpc) is 2.29. The Morgan fingerprint density at radius 1 is 1.24 bits per heavy atom. The second-order valence-corrected chi connectivity index (χ2v) is 6.79. The van der Waals surface area contributed by atoms with Gasteiger partial charge in [0.2, 0.25) is 0 Å². The van der Waals surface area contributed by atoms with Crippen LogP contribution in [0.2, 0.25) is 5.02 Å². The number of aryl methyl sites for hydroxylation is 2. The molecule has 21 heavy (non-hydrogen) atoms. The zero-order valence-corrected chi connectivity index (χ0v) is 13.9. The largest absolute Gasteiger partial charge is 0.456 e. The first-order valence-electron chi connectivity index (χ1n) is 6.81. The fourth-order valence-electron chi connectivity index (χ4n) is 1.88. The van der Waals surface area contributed by atoms with Gasteiger partial charge < -0.3 is 10.1 Å². The van der Waals surface area contributed by atoms with Gasteiger partial charge in [-0.05, 0) is 36.5 Å². The van der Waals surface area contributed by atoms with Crippen LogP contribution in [0, 0.1) is 19.3 Å². The Morgan fingerprint density at radius 2 is 1.86 bits per heavy atom. The molecule has 0 spiro atoms. The molecule has 0 aliphatic heterocycles. The number of hydrogen-bond acceptors (Lipinski definition) is 3. The maximum absolute atomic E-state index is 11.8. The van der Waals surface area contributed by atoms with E-state index >= 15 is 0 Å². The van der Waals surface area contributed by atoms with Gasteiger partial charge in [-0.3, -0.25) is 9.59 Å². The van der Waals surface area contributed by atoms with Crippen molar-refractivity contribution in [2.75, 3.05) is 11.9 Å². The predicted molar refractivity (Wildman–Crippen MR) is 84.6 cm³/mol. The molecule has 0 radical (unpaired) electrons. The molecule has 0 aliphatic carbocycles. The molecule has 5 heteroatoms. The number of carbonyl (C=O) groups is 2. The van der Waals surface area contributed by atoms with Gasteiger partial charge in [-0.1, -0.05) is 38.4 Å². The number of carbonyl (C=O) groups excluding carboxylic acids is 2. The summed E-state index contributed by atoms with van der Waals surface area (Å²) in [4.78, 5) is 23.4. The monoisotopic (exact) mass is 311 g/mol. The summed E-state index contributed by atoms with van der Waals surface area (Å²) in [5.74, 6) is -0.782. The molecule has 116 valence electrons. The first kappa shape index (κ1) is 17.5. The average molecular weight is 312 g/mol. The Hall–Kier alpha value is -1.55.